The Morgan fingerprint density at radius 1 is 1.27 bits per heavy atom. The molecule has 15 heavy (non-hydrogen) atoms. The van der Waals surface area contributed by atoms with Crippen LogP contribution in [0.15, 0.2) is 12.1 Å². The van der Waals surface area contributed by atoms with Crippen LogP contribution >= 0.6 is 0 Å². The van der Waals surface area contributed by atoms with Gasteiger partial charge in [-0.1, -0.05) is 0 Å². The van der Waals surface area contributed by atoms with E-state index in [0.717, 1.165) is 5.56 Å². The second kappa shape index (κ2) is 3.81. The first kappa shape index (κ1) is 9.83. The molecular weight excluding hydrogens is 196 g/mol. The lowest BCUT2D eigenvalue weighted by Crippen LogP contribution is -2.18. The molecule has 1 heterocycles. The van der Waals surface area contributed by atoms with Gasteiger partial charge in [0.1, 0.15) is 11.5 Å². The third-order valence-corrected chi connectivity index (χ3v) is 2.44. The molecule has 1 aromatic carbocycles. The van der Waals surface area contributed by atoms with Crippen LogP contribution in [0.25, 0.3) is 0 Å². The molecule has 4 heteroatoms. The average molecular weight is 208 g/mol. The van der Waals surface area contributed by atoms with E-state index in [2.05, 4.69) is 0 Å². The first-order valence-electron chi connectivity index (χ1n) is 4.68. The largest absolute Gasteiger partial charge is 0.497 e. The summed E-state index contributed by atoms with van der Waals surface area (Å²) in [4.78, 5) is 11.5. The van der Waals surface area contributed by atoms with E-state index in [1.165, 1.54) is 0 Å². The predicted octanol–water partition coefficient (Wildman–Crippen LogP) is 1.42. The fourth-order valence-corrected chi connectivity index (χ4v) is 1.68. The molecule has 0 unspecified atom stereocenters. The fraction of sp³-hybridized carbons (Fsp3) is 0.364. The van der Waals surface area contributed by atoms with Crippen molar-refractivity contribution in [1.29, 1.82) is 0 Å². The Morgan fingerprint density at radius 3 is 2.73 bits per heavy atom. The van der Waals surface area contributed by atoms with Crippen LogP contribution < -0.4 is 9.47 Å². The van der Waals surface area contributed by atoms with Crippen molar-refractivity contribution in [2.24, 2.45) is 0 Å². The molecule has 2 rings (SSSR count). The minimum absolute atomic E-state index is 0.312. The molecule has 1 aromatic rings. The van der Waals surface area contributed by atoms with Crippen molar-refractivity contribution in [2.45, 2.75) is 6.42 Å². The molecule has 80 valence electrons. The highest BCUT2D eigenvalue weighted by Gasteiger charge is 2.23. The van der Waals surface area contributed by atoms with Gasteiger partial charge in [-0.2, -0.15) is 0 Å². The van der Waals surface area contributed by atoms with Crippen LogP contribution in [0.2, 0.25) is 0 Å². The number of carbonyl (C=O) groups excluding carboxylic acids is 1. The Bertz CT molecular complexity index is 398. The van der Waals surface area contributed by atoms with Crippen molar-refractivity contribution in [1.82, 2.24) is 0 Å². The highest BCUT2D eigenvalue weighted by atomic mass is 16.5. The minimum Gasteiger partial charge on any atom is -0.497 e. The topological polar surface area (TPSA) is 44.8 Å². The molecule has 1 aliphatic rings. The Balaban J connectivity index is 2.57. The van der Waals surface area contributed by atoms with E-state index in [-0.39, 0.29) is 5.97 Å². The third kappa shape index (κ3) is 1.63. The molecule has 0 bridgehead atoms. The van der Waals surface area contributed by atoms with E-state index >= 15 is 0 Å². The number of hydrogen-bond acceptors (Lipinski definition) is 4. The van der Waals surface area contributed by atoms with Gasteiger partial charge in [-0.25, -0.2) is 4.79 Å². The summed E-state index contributed by atoms with van der Waals surface area (Å²) in [5.41, 5.74) is 1.44. The summed E-state index contributed by atoms with van der Waals surface area (Å²) in [5.74, 6) is 0.971. The Labute approximate surface area is 87.8 Å². The lowest BCUT2D eigenvalue weighted by atomic mass is 10.0. The van der Waals surface area contributed by atoms with E-state index in [9.17, 15) is 4.79 Å². The summed E-state index contributed by atoms with van der Waals surface area (Å²) in [6, 6.07) is 3.46. The van der Waals surface area contributed by atoms with Gasteiger partial charge in [0, 0.05) is 18.1 Å². The Morgan fingerprint density at radius 2 is 2.07 bits per heavy atom. The summed E-state index contributed by atoms with van der Waals surface area (Å²) in [5, 5.41) is 0. The van der Waals surface area contributed by atoms with Gasteiger partial charge in [0.15, 0.2) is 0 Å². The molecule has 0 N–H and O–H groups in total. The molecule has 0 spiro atoms. The molecule has 0 aliphatic carbocycles. The number of fused-ring (bicyclic) bond motifs is 1. The molecule has 1 aliphatic heterocycles. The summed E-state index contributed by atoms with van der Waals surface area (Å²) in [7, 11) is 3.13. The van der Waals surface area contributed by atoms with Gasteiger partial charge in [0.25, 0.3) is 0 Å². The summed E-state index contributed by atoms with van der Waals surface area (Å²) >= 11 is 0. The number of carbonyl (C=O) groups is 1. The first-order valence-corrected chi connectivity index (χ1v) is 4.68. The van der Waals surface area contributed by atoms with Crippen molar-refractivity contribution in [3.63, 3.8) is 0 Å². The highest BCUT2D eigenvalue weighted by Crippen LogP contribution is 2.31. The Hall–Kier alpha value is -1.71. The Kier molecular flexibility index (Phi) is 2.49. The summed E-state index contributed by atoms with van der Waals surface area (Å²) in [6.45, 7) is 0.411. The van der Waals surface area contributed by atoms with Gasteiger partial charge in [-0.3, -0.25) is 0 Å². The van der Waals surface area contributed by atoms with Gasteiger partial charge in [-0.05, 0) is 6.07 Å². The standard InChI is InChI=1S/C11H12O4/c1-13-7-5-9-8(10(6-7)14-2)3-4-15-11(9)12/h5-6H,3-4H2,1-2H3. The average Bonchev–Trinajstić information content (AvgIpc) is 2.28. The molecule has 0 radical (unpaired) electrons. The summed E-state index contributed by atoms with van der Waals surface area (Å²) < 4.78 is 15.3. The smallest absolute Gasteiger partial charge is 0.338 e. The second-order valence-electron chi connectivity index (χ2n) is 3.24. The third-order valence-electron chi connectivity index (χ3n) is 2.44. The van der Waals surface area contributed by atoms with Crippen LogP contribution in [0.3, 0.4) is 0 Å². The van der Waals surface area contributed by atoms with Gasteiger partial charge >= 0.3 is 5.97 Å². The lowest BCUT2D eigenvalue weighted by molar-refractivity contribution is 0.0477. The van der Waals surface area contributed by atoms with Crippen molar-refractivity contribution in [3.05, 3.63) is 23.3 Å². The number of benzene rings is 1. The van der Waals surface area contributed by atoms with E-state index in [1.54, 1.807) is 26.4 Å². The monoisotopic (exact) mass is 208 g/mol. The molecule has 4 nitrogen and oxygen atoms in total. The molecule has 0 atom stereocenters. The molecule has 0 saturated carbocycles. The highest BCUT2D eigenvalue weighted by molar-refractivity contribution is 5.93. The molecule has 0 saturated heterocycles. The van der Waals surface area contributed by atoms with E-state index in [0.29, 0.717) is 30.1 Å². The number of hydrogen-bond donors (Lipinski definition) is 0. The maximum atomic E-state index is 11.5. The van der Waals surface area contributed by atoms with Crippen molar-refractivity contribution < 1.29 is 19.0 Å². The number of rotatable bonds is 2. The van der Waals surface area contributed by atoms with Gasteiger partial charge in [0.2, 0.25) is 0 Å². The van der Waals surface area contributed by atoms with Crippen molar-refractivity contribution >= 4 is 5.97 Å². The zero-order valence-electron chi connectivity index (χ0n) is 8.70. The van der Waals surface area contributed by atoms with E-state index in [1.807, 2.05) is 0 Å². The zero-order chi connectivity index (χ0) is 10.8. The van der Waals surface area contributed by atoms with E-state index < -0.39 is 0 Å². The van der Waals surface area contributed by atoms with Gasteiger partial charge in [0.05, 0.1) is 26.4 Å². The maximum Gasteiger partial charge on any atom is 0.338 e. The molecule has 0 amide bonds. The molecular formula is C11H12O4. The van der Waals surface area contributed by atoms with Gasteiger partial charge < -0.3 is 14.2 Å². The minimum atomic E-state index is -0.312. The number of cyclic esters (lactones) is 1. The normalized spacial score (nSPS) is 14.1. The lowest BCUT2D eigenvalue weighted by Gasteiger charge is -2.19. The maximum absolute atomic E-state index is 11.5. The number of esters is 1. The SMILES string of the molecule is COc1cc(OC)c2c(c1)C(=O)OCC2. The molecule has 0 aromatic heterocycles. The van der Waals surface area contributed by atoms with E-state index in [4.69, 9.17) is 14.2 Å². The van der Waals surface area contributed by atoms with Crippen molar-refractivity contribution in [3.8, 4) is 11.5 Å². The van der Waals surface area contributed by atoms with Crippen LogP contribution in [0.1, 0.15) is 15.9 Å². The van der Waals surface area contributed by atoms with Crippen LogP contribution in [0.5, 0.6) is 11.5 Å². The number of methoxy groups -OCH3 is 2. The van der Waals surface area contributed by atoms with Gasteiger partial charge in [-0.15, -0.1) is 0 Å². The van der Waals surface area contributed by atoms with Crippen LogP contribution in [0.4, 0.5) is 0 Å². The van der Waals surface area contributed by atoms with Crippen LogP contribution in [0, 0.1) is 0 Å². The predicted molar refractivity (Wildman–Crippen MR) is 53.5 cm³/mol. The fourth-order valence-electron chi connectivity index (χ4n) is 1.68. The van der Waals surface area contributed by atoms with Crippen LogP contribution in [-0.4, -0.2) is 26.8 Å². The zero-order valence-corrected chi connectivity index (χ0v) is 8.70. The van der Waals surface area contributed by atoms with Crippen molar-refractivity contribution in [2.75, 3.05) is 20.8 Å². The quantitative estimate of drug-likeness (QED) is 0.689. The summed E-state index contributed by atoms with van der Waals surface area (Å²) in [6.07, 6.45) is 0.689. The first-order chi connectivity index (χ1) is 7.26. The van der Waals surface area contributed by atoms with Crippen LogP contribution in [-0.2, 0) is 11.2 Å². The second-order valence-corrected chi connectivity index (χ2v) is 3.24. The molecule has 0 fully saturated rings. The number of ether oxygens (including phenoxy) is 3.